The summed E-state index contributed by atoms with van der Waals surface area (Å²) in [4.78, 5) is 23.6. The van der Waals surface area contributed by atoms with Crippen molar-refractivity contribution in [1.29, 1.82) is 0 Å². The normalized spacial score (nSPS) is 13.2. The monoisotopic (exact) mass is 281 g/mol. The van der Waals surface area contributed by atoms with E-state index in [4.69, 9.17) is 9.47 Å². The number of rotatable bonds is 7. The maximum atomic E-state index is 11.8. The van der Waals surface area contributed by atoms with E-state index in [0.29, 0.717) is 11.4 Å². The molecule has 0 amide bonds. The number of ketones is 1. The number of hydrogen-bond acceptors (Lipinski definition) is 6. The number of nitrogens with one attached hydrogen (secondary N) is 1. The quantitative estimate of drug-likeness (QED) is 0.572. The first kappa shape index (κ1) is 16.0. The number of carbonyl (C=O) groups excluding carboxylic acids is 2. The van der Waals surface area contributed by atoms with Gasteiger partial charge in [-0.1, -0.05) is 0 Å². The number of Topliss-reactive ketones (excluding diaryl/α,β-unsaturated/α-hetero) is 1. The summed E-state index contributed by atoms with van der Waals surface area (Å²) in [6.07, 6.45) is -1.25. The number of esters is 1. The molecule has 0 aliphatic heterocycles. The van der Waals surface area contributed by atoms with Crippen molar-refractivity contribution in [2.75, 3.05) is 19.0 Å². The standard InChI is InChI=1S/C14H19NO5/c1-4-20-14(18)12(13(17)9(2)16)15-10-5-7-11(19-3)8-6-10/h5-9,12,15-16H,4H2,1-3H3/t9?,12-/m0/s1. The zero-order chi connectivity index (χ0) is 15.1. The van der Waals surface area contributed by atoms with E-state index < -0.39 is 23.9 Å². The van der Waals surface area contributed by atoms with Gasteiger partial charge in [0.05, 0.1) is 13.7 Å². The third-order valence-electron chi connectivity index (χ3n) is 2.62. The van der Waals surface area contributed by atoms with Gasteiger partial charge in [-0.2, -0.15) is 0 Å². The molecule has 0 fully saturated rings. The third-order valence-corrected chi connectivity index (χ3v) is 2.62. The molecule has 0 aliphatic carbocycles. The lowest BCUT2D eigenvalue weighted by Gasteiger charge is -2.18. The van der Waals surface area contributed by atoms with Crippen LogP contribution in [0.1, 0.15) is 13.8 Å². The number of methoxy groups -OCH3 is 1. The molecule has 2 N–H and O–H groups in total. The fourth-order valence-corrected chi connectivity index (χ4v) is 1.57. The Morgan fingerprint density at radius 2 is 1.90 bits per heavy atom. The van der Waals surface area contributed by atoms with E-state index in [1.165, 1.54) is 6.92 Å². The van der Waals surface area contributed by atoms with Crippen molar-refractivity contribution in [2.24, 2.45) is 0 Å². The van der Waals surface area contributed by atoms with Gasteiger partial charge in [0, 0.05) is 5.69 Å². The SMILES string of the molecule is CCOC(=O)[C@@H](Nc1ccc(OC)cc1)C(=O)C(C)O. The van der Waals surface area contributed by atoms with Crippen LogP contribution in [0, 0.1) is 0 Å². The van der Waals surface area contributed by atoms with Gasteiger partial charge in [-0.3, -0.25) is 4.79 Å². The predicted molar refractivity (Wildman–Crippen MR) is 73.7 cm³/mol. The molecule has 0 heterocycles. The fraction of sp³-hybridized carbons (Fsp3) is 0.429. The van der Waals surface area contributed by atoms with Gasteiger partial charge in [0.2, 0.25) is 0 Å². The minimum Gasteiger partial charge on any atom is -0.497 e. The second kappa shape index (κ2) is 7.49. The number of anilines is 1. The van der Waals surface area contributed by atoms with Crippen LogP contribution >= 0.6 is 0 Å². The number of carbonyl (C=O) groups is 2. The average Bonchev–Trinajstić information content (AvgIpc) is 2.44. The topological polar surface area (TPSA) is 84.9 Å². The Hall–Kier alpha value is -2.08. The molecule has 110 valence electrons. The molecule has 0 spiro atoms. The van der Waals surface area contributed by atoms with Crippen LogP contribution in [0.4, 0.5) is 5.69 Å². The number of hydrogen-bond donors (Lipinski definition) is 2. The number of ether oxygens (including phenoxy) is 2. The van der Waals surface area contributed by atoms with Gasteiger partial charge >= 0.3 is 5.97 Å². The molecule has 0 radical (unpaired) electrons. The van der Waals surface area contributed by atoms with E-state index in [-0.39, 0.29) is 6.61 Å². The zero-order valence-electron chi connectivity index (χ0n) is 11.8. The molecule has 2 atom stereocenters. The minimum absolute atomic E-state index is 0.159. The van der Waals surface area contributed by atoms with Gasteiger partial charge < -0.3 is 19.9 Å². The summed E-state index contributed by atoms with van der Waals surface area (Å²) in [7, 11) is 1.54. The van der Waals surface area contributed by atoms with Crippen molar-refractivity contribution in [2.45, 2.75) is 26.0 Å². The Bertz CT molecular complexity index is 455. The van der Waals surface area contributed by atoms with E-state index in [2.05, 4.69) is 5.32 Å². The summed E-state index contributed by atoms with van der Waals surface area (Å²) in [6.45, 7) is 3.12. The van der Waals surface area contributed by atoms with Crippen molar-refractivity contribution >= 4 is 17.4 Å². The van der Waals surface area contributed by atoms with Crippen molar-refractivity contribution in [3.05, 3.63) is 24.3 Å². The molecule has 0 aliphatic rings. The summed E-state index contributed by atoms with van der Waals surface area (Å²) in [5.74, 6) is -0.696. The highest BCUT2D eigenvalue weighted by atomic mass is 16.5. The first-order chi connectivity index (χ1) is 9.49. The van der Waals surface area contributed by atoms with E-state index in [1.807, 2.05) is 0 Å². The molecule has 1 aromatic rings. The average molecular weight is 281 g/mol. The first-order valence-electron chi connectivity index (χ1n) is 6.28. The number of aliphatic hydroxyl groups is 1. The van der Waals surface area contributed by atoms with Crippen molar-refractivity contribution in [3.8, 4) is 5.75 Å². The molecule has 1 aromatic carbocycles. The van der Waals surface area contributed by atoms with Crippen LogP contribution in [0.25, 0.3) is 0 Å². The van der Waals surface area contributed by atoms with Crippen LogP contribution in [0.5, 0.6) is 5.75 Å². The summed E-state index contributed by atoms with van der Waals surface area (Å²) >= 11 is 0. The Morgan fingerprint density at radius 1 is 1.30 bits per heavy atom. The zero-order valence-corrected chi connectivity index (χ0v) is 11.8. The molecule has 0 saturated carbocycles. The Balaban J connectivity index is 2.87. The van der Waals surface area contributed by atoms with Crippen LogP contribution in [0.3, 0.4) is 0 Å². The van der Waals surface area contributed by atoms with Crippen molar-refractivity contribution in [3.63, 3.8) is 0 Å². The smallest absolute Gasteiger partial charge is 0.336 e. The predicted octanol–water partition coefficient (Wildman–Crippen LogP) is 0.989. The molecule has 1 rings (SSSR count). The summed E-state index contributed by atoms with van der Waals surface area (Å²) in [6, 6.07) is 5.48. The highest BCUT2D eigenvalue weighted by molar-refractivity contribution is 6.07. The Morgan fingerprint density at radius 3 is 2.35 bits per heavy atom. The third kappa shape index (κ3) is 4.24. The minimum atomic E-state index is -1.25. The van der Waals surface area contributed by atoms with Gasteiger partial charge in [-0.15, -0.1) is 0 Å². The molecule has 20 heavy (non-hydrogen) atoms. The first-order valence-corrected chi connectivity index (χ1v) is 6.28. The molecule has 0 aromatic heterocycles. The summed E-state index contributed by atoms with van der Waals surface area (Å²) < 4.78 is 9.85. The van der Waals surface area contributed by atoms with Gasteiger partial charge in [0.1, 0.15) is 11.9 Å². The molecule has 1 unspecified atom stereocenters. The van der Waals surface area contributed by atoms with E-state index in [0.717, 1.165) is 0 Å². The number of benzene rings is 1. The summed E-state index contributed by atoms with van der Waals surface area (Å²) in [5.41, 5.74) is 0.554. The Labute approximate surface area is 117 Å². The van der Waals surface area contributed by atoms with Crippen LogP contribution in [0.15, 0.2) is 24.3 Å². The molecular formula is C14H19NO5. The molecule has 6 heteroatoms. The second-order valence-electron chi connectivity index (χ2n) is 4.14. The lowest BCUT2D eigenvalue weighted by atomic mass is 10.1. The highest BCUT2D eigenvalue weighted by Gasteiger charge is 2.30. The van der Waals surface area contributed by atoms with E-state index in [9.17, 15) is 14.7 Å². The molecule has 0 saturated heterocycles. The largest absolute Gasteiger partial charge is 0.497 e. The molecule has 0 bridgehead atoms. The number of aliphatic hydroxyl groups excluding tert-OH is 1. The Kier molecular flexibility index (Phi) is 5.99. The van der Waals surface area contributed by atoms with Crippen molar-refractivity contribution < 1.29 is 24.2 Å². The van der Waals surface area contributed by atoms with Gasteiger partial charge in [0.15, 0.2) is 11.8 Å². The van der Waals surface area contributed by atoms with Crippen LogP contribution in [0.2, 0.25) is 0 Å². The van der Waals surface area contributed by atoms with E-state index in [1.54, 1.807) is 38.3 Å². The van der Waals surface area contributed by atoms with E-state index >= 15 is 0 Å². The summed E-state index contributed by atoms with van der Waals surface area (Å²) in [5, 5.41) is 12.1. The molecule has 6 nitrogen and oxygen atoms in total. The maximum absolute atomic E-state index is 11.8. The van der Waals surface area contributed by atoms with Crippen molar-refractivity contribution in [1.82, 2.24) is 0 Å². The second-order valence-corrected chi connectivity index (χ2v) is 4.14. The van der Waals surface area contributed by atoms with Crippen LogP contribution in [-0.2, 0) is 14.3 Å². The van der Waals surface area contributed by atoms with Gasteiger partial charge in [-0.05, 0) is 38.1 Å². The van der Waals surface area contributed by atoms with Gasteiger partial charge in [-0.25, -0.2) is 4.79 Å². The molecular weight excluding hydrogens is 262 g/mol. The van der Waals surface area contributed by atoms with Gasteiger partial charge in [0.25, 0.3) is 0 Å². The highest BCUT2D eigenvalue weighted by Crippen LogP contribution is 2.16. The maximum Gasteiger partial charge on any atom is 0.336 e. The lowest BCUT2D eigenvalue weighted by Crippen LogP contribution is -2.43. The fourth-order valence-electron chi connectivity index (χ4n) is 1.57. The lowest BCUT2D eigenvalue weighted by molar-refractivity contribution is -0.148. The van der Waals surface area contributed by atoms with Crippen LogP contribution in [-0.4, -0.2) is 42.7 Å². The van der Waals surface area contributed by atoms with Crippen LogP contribution < -0.4 is 10.1 Å².